The van der Waals surface area contributed by atoms with Gasteiger partial charge in [-0.25, -0.2) is 4.79 Å². The Bertz CT molecular complexity index is 938. The van der Waals surface area contributed by atoms with E-state index >= 15 is 0 Å². The van der Waals surface area contributed by atoms with Gasteiger partial charge in [-0.1, -0.05) is 0 Å². The lowest BCUT2D eigenvalue weighted by molar-refractivity contribution is -0.142. The molecule has 4 atom stereocenters. The van der Waals surface area contributed by atoms with Crippen LogP contribution >= 0.6 is 0 Å². The minimum absolute atomic E-state index is 0.0453. The van der Waals surface area contributed by atoms with Crippen LogP contribution in [0.2, 0.25) is 0 Å². The monoisotopic (exact) mass is 560 g/mol. The number of hydrogen-bond donors (Lipinski definition) is 10. The molecule has 0 aromatic heterocycles. The fourth-order valence-corrected chi connectivity index (χ4v) is 3.09. The summed E-state index contributed by atoms with van der Waals surface area (Å²) in [6.07, 6.45) is -2.28. The van der Waals surface area contributed by atoms with Gasteiger partial charge in [-0.3, -0.25) is 33.8 Å². The van der Waals surface area contributed by atoms with Gasteiger partial charge in [0.2, 0.25) is 23.6 Å². The number of guanidine groups is 1. The molecule has 0 fully saturated rings. The molecule has 0 heterocycles. The van der Waals surface area contributed by atoms with Crippen molar-refractivity contribution in [3.8, 4) is 0 Å². The number of carbonyl (C=O) groups excluding carboxylic acids is 4. The highest BCUT2D eigenvalue weighted by molar-refractivity contribution is 5.94. The van der Waals surface area contributed by atoms with Crippen LogP contribution in [0.4, 0.5) is 0 Å². The van der Waals surface area contributed by atoms with Crippen LogP contribution in [0.15, 0.2) is 4.99 Å². The fourth-order valence-electron chi connectivity index (χ4n) is 3.09. The average Bonchev–Trinajstić information content (AvgIpc) is 2.83. The van der Waals surface area contributed by atoms with Crippen molar-refractivity contribution >= 4 is 47.5 Å². The van der Waals surface area contributed by atoms with E-state index in [0.29, 0.717) is 0 Å². The minimum Gasteiger partial charge on any atom is -0.481 e. The number of aliphatic carboxylic acids is 3. The molecule has 0 radical (unpaired) electrons. The largest absolute Gasteiger partial charge is 0.481 e. The summed E-state index contributed by atoms with van der Waals surface area (Å²) in [4.78, 5) is 86.3. The highest BCUT2D eigenvalue weighted by atomic mass is 16.4. The molecule has 0 aliphatic rings. The van der Waals surface area contributed by atoms with E-state index in [1.807, 2.05) is 0 Å². The molecule has 0 aromatic carbocycles. The maximum absolute atomic E-state index is 13.0. The lowest BCUT2D eigenvalue weighted by Crippen LogP contribution is -2.57. The zero-order valence-corrected chi connectivity index (χ0v) is 21.1. The quantitative estimate of drug-likeness (QED) is 0.0385. The van der Waals surface area contributed by atoms with Gasteiger partial charge in [0.25, 0.3) is 0 Å². The molecule has 39 heavy (non-hydrogen) atoms. The molecule has 0 saturated carbocycles. The third kappa shape index (κ3) is 16.1. The summed E-state index contributed by atoms with van der Waals surface area (Å²) in [5.41, 5.74) is 21.2. The fraction of sp³-hybridized carbons (Fsp3) is 0.619. The van der Waals surface area contributed by atoms with Crippen molar-refractivity contribution < 1.29 is 48.9 Å². The third-order valence-corrected chi connectivity index (χ3v) is 5.16. The van der Waals surface area contributed by atoms with Crippen LogP contribution in [0, 0.1) is 0 Å². The number of nitrogens with one attached hydrogen (secondary N) is 3. The number of carboxylic acid groups (broad SMARTS) is 3. The number of rotatable bonds is 20. The number of aliphatic imine (C=N–C) groups is 1. The number of primary amides is 1. The maximum atomic E-state index is 13.0. The van der Waals surface area contributed by atoms with Gasteiger partial charge >= 0.3 is 17.9 Å². The molecule has 4 unspecified atom stereocenters. The van der Waals surface area contributed by atoms with E-state index in [9.17, 15) is 38.7 Å². The summed E-state index contributed by atoms with van der Waals surface area (Å²) in [5.74, 6) is -7.84. The second-order valence-electron chi connectivity index (χ2n) is 8.45. The Kier molecular flexibility index (Phi) is 15.8. The van der Waals surface area contributed by atoms with Crippen LogP contribution in [0.3, 0.4) is 0 Å². The number of hydrogen-bond acceptors (Lipinski definition) is 9. The van der Waals surface area contributed by atoms with E-state index in [0.717, 1.165) is 0 Å². The minimum atomic E-state index is -1.52. The normalized spacial score (nSPS) is 13.6. The number of nitrogens with zero attached hydrogens (tertiary/aromatic N) is 1. The van der Waals surface area contributed by atoms with E-state index in [1.165, 1.54) is 0 Å². The molecule has 0 saturated heterocycles. The molecule has 220 valence electrons. The standard InChI is InChI=1S/C21H36N8O10/c22-10(3-7-15(31)32)17(35)27-12(5-8-16(33)34)19(37)28-11(2-1-9-26-21(24)25)18(36)29-13(20(38)39)4-6-14(23)30/h10-13H,1-9,22H2,(H2,23,30)(H,27,35)(H,28,37)(H,29,36)(H,31,32)(H,33,34)(H,38,39)(H4,24,25,26). The second kappa shape index (κ2) is 17.9. The molecule has 0 bridgehead atoms. The van der Waals surface area contributed by atoms with Crippen molar-refractivity contribution in [3.63, 3.8) is 0 Å². The van der Waals surface area contributed by atoms with Crippen LogP contribution in [0.1, 0.15) is 51.4 Å². The first-order chi connectivity index (χ1) is 18.1. The summed E-state index contributed by atoms with van der Waals surface area (Å²) in [7, 11) is 0. The number of carboxylic acids is 3. The van der Waals surface area contributed by atoms with Crippen LogP contribution in [-0.2, 0) is 33.6 Å². The lowest BCUT2D eigenvalue weighted by Gasteiger charge is -2.25. The lowest BCUT2D eigenvalue weighted by atomic mass is 10.1. The Morgan fingerprint density at radius 1 is 0.641 bits per heavy atom. The molecular formula is C21H36N8O10. The Labute approximate surface area is 222 Å². The van der Waals surface area contributed by atoms with Gasteiger partial charge in [0.1, 0.15) is 18.1 Å². The summed E-state index contributed by atoms with van der Waals surface area (Å²) >= 11 is 0. The molecule has 0 spiro atoms. The predicted octanol–water partition coefficient (Wildman–Crippen LogP) is -4.10. The van der Waals surface area contributed by atoms with Gasteiger partial charge in [0, 0.05) is 25.8 Å². The van der Waals surface area contributed by atoms with Crippen molar-refractivity contribution in [2.45, 2.75) is 75.5 Å². The molecular weight excluding hydrogens is 524 g/mol. The smallest absolute Gasteiger partial charge is 0.326 e. The number of carbonyl (C=O) groups is 7. The predicted molar refractivity (Wildman–Crippen MR) is 133 cm³/mol. The van der Waals surface area contributed by atoms with Gasteiger partial charge < -0.3 is 54.2 Å². The van der Waals surface area contributed by atoms with Gasteiger partial charge in [-0.05, 0) is 32.1 Å². The van der Waals surface area contributed by atoms with Crippen molar-refractivity contribution in [1.82, 2.24) is 16.0 Å². The highest BCUT2D eigenvalue weighted by Crippen LogP contribution is 2.06. The summed E-state index contributed by atoms with van der Waals surface area (Å²) in [6, 6.07) is -5.70. The molecule has 18 heteroatoms. The van der Waals surface area contributed by atoms with Crippen molar-refractivity contribution in [3.05, 3.63) is 0 Å². The molecule has 14 N–H and O–H groups in total. The van der Waals surface area contributed by atoms with Crippen LogP contribution < -0.4 is 38.9 Å². The van der Waals surface area contributed by atoms with Crippen LogP contribution in [-0.4, -0.2) is 93.5 Å². The van der Waals surface area contributed by atoms with E-state index in [-0.39, 0.29) is 44.6 Å². The molecule has 4 amide bonds. The van der Waals surface area contributed by atoms with E-state index in [4.69, 9.17) is 33.1 Å². The highest BCUT2D eigenvalue weighted by Gasteiger charge is 2.30. The Balaban J connectivity index is 5.72. The van der Waals surface area contributed by atoms with Crippen molar-refractivity contribution in [2.24, 2.45) is 27.9 Å². The van der Waals surface area contributed by atoms with Gasteiger partial charge in [-0.2, -0.15) is 0 Å². The van der Waals surface area contributed by atoms with Crippen LogP contribution in [0.5, 0.6) is 0 Å². The third-order valence-electron chi connectivity index (χ3n) is 5.16. The summed E-state index contributed by atoms with van der Waals surface area (Å²) in [5, 5.41) is 33.9. The van der Waals surface area contributed by atoms with E-state index in [2.05, 4.69) is 20.9 Å². The van der Waals surface area contributed by atoms with E-state index in [1.54, 1.807) is 0 Å². The molecule has 0 aliphatic carbocycles. The van der Waals surface area contributed by atoms with E-state index < -0.39 is 85.0 Å². The Morgan fingerprint density at radius 3 is 1.59 bits per heavy atom. The van der Waals surface area contributed by atoms with Gasteiger partial charge in [-0.15, -0.1) is 0 Å². The van der Waals surface area contributed by atoms with Gasteiger partial charge in [0.05, 0.1) is 6.04 Å². The second-order valence-corrected chi connectivity index (χ2v) is 8.45. The number of amides is 4. The first-order valence-electron chi connectivity index (χ1n) is 11.8. The van der Waals surface area contributed by atoms with Crippen molar-refractivity contribution in [2.75, 3.05) is 6.54 Å². The molecule has 18 nitrogen and oxygen atoms in total. The average molecular weight is 561 g/mol. The Hall–Kier alpha value is -4.48. The Morgan fingerprint density at radius 2 is 1.10 bits per heavy atom. The molecule has 0 aromatic rings. The molecule has 0 aliphatic heterocycles. The summed E-state index contributed by atoms with van der Waals surface area (Å²) in [6.45, 7) is 0.0453. The molecule has 0 rings (SSSR count). The number of nitrogens with two attached hydrogens (primary N) is 4. The zero-order valence-electron chi connectivity index (χ0n) is 21.1. The van der Waals surface area contributed by atoms with Crippen molar-refractivity contribution in [1.29, 1.82) is 0 Å². The SMILES string of the molecule is NC(=O)CCC(NC(=O)C(CCCN=C(N)N)NC(=O)C(CCC(=O)O)NC(=O)C(N)CCC(=O)O)C(=O)O. The first-order valence-corrected chi connectivity index (χ1v) is 11.8. The maximum Gasteiger partial charge on any atom is 0.326 e. The topological polar surface area (TPSA) is 333 Å². The zero-order chi connectivity index (χ0) is 30.1. The summed E-state index contributed by atoms with van der Waals surface area (Å²) < 4.78 is 0. The van der Waals surface area contributed by atoms with Gasteiger partial charge in [0.15, 0.2) is 5.96 Å². The van der Waals surface area contributed by atoms with Crippen LogP contribution in [0.25, 0.3) is 0 Å². The first kappa shape index (κ1) is 34.5.